The Kier molecular flexibility index (Phi) is 3.88. The molecule has 1 aromatic heterocycles. The van der Waals surface area contributed by atoms with Crippen molar-refractivity contribution < 1.29 is 9.18 Å². The molecule has 2 aromatic carbocycles. The predicted molar refractivity (Wildman–Crippen MR) is 98.0 cm³/mol. The van der Waals surface area contributed by atoms with Gasteiger partial charge in [0, 0.05) is 35.6 Å². The van der Waals surface area contributed by atoms with Crippen LogP contribution in [0.15, 0.2) is 54.6 Å². The molecule has 1 aliphatic rings. The number of rotatable bonds is 3. The Morgan fingerprint density at radius 2 is 1.96 bits per heavy atom. The molecule has 25 heavy (non-hydrogen) atoms. The van der Waals surface area contributed by atoms with Gasteiger partial charge in [0.1, 0.15) is 5.82 Å². The van der Waals surface area contributed by atoms with Crippen LogP contribution in [0.25, 0.3) is 16.6 Å². The smallest absolute Gasteiger partial charge is 0.187 e. The normalized spacial score (nSPS) is 15.2. The second-order valence-corrected chi connectivity index (χ2v) is 6.19. The van der Waals surface area contributed by atoms with Crippen LogP contribution in [0.2, 0.25) is 0 Å². The SMILES string of the molecule is CCn1c2c(c3ccccc31)CCN/C2=C\C(=O)c1ccc(F)cc1. The topological polar surface area (TPSA) is 34.0 Å². The number of carbonyl (C=O) groups is 1. The monoisotopic (exact) mass is 334 g/mol. The Morgan fingerprint density at radius 1 is 1.20 bits per heavy atom. The van der Waals surface area contributed by atoms with Gasteiger partial charge in [-0.3, -0.25) is 4.79 Å². The van der Waals surface area contributed by atoms with E-state index in [1.54, 1.807) is 6.08 Å². The Bertz CT molecular complexity index is 950. The van der Waals surface area contributed by atoms with Crippen LogP contribution in [0, 0.1) is 5.82 Å². The van der Waals surface area contributed by atoms with Crippen LogP contribution in [0.4, 0.5) is 4.39 Å². The van der Waals surface area contributed by atoms with Gasteiger partial charge in [-0.15, -0.1) is 0 Å². The summed E-state index contributed by atoms with van der Waals surface area (Å²) >= 11 is 0. The van der Waals surface area contributed by atoms with E-state index in [4.69, 9.17) is 0 Å². The highest BCUT2D eigenvalue weighted by Gasteiger charge is 2.23. The quantitative estimate of drug-likeness (QED) is 0.576. The number of para-hydroxylation sites is 1. The third-order valence-corrected chi connectivity index (χ3v) is 4.74. The molecule has 0 unspecified atom stereocenters. The van der Waals surface area contributed by atoms with Crippen molar-refractivity contribution in [2.75, 3.05) is 6.54 Å². The molecular weight excluding hydrogens is 315 g/mol. The maximum absolute atomic E-state index is 13.1. The third kappa shape index (κ3) is 2.64. The minimum atomic E-state index is -0.339. The highest BCUT2D eigenvalue weighted by Crippen LogP contribution is 2.33. The summed E-state index contributed by atoms with van der Waals surface area (Å²) in [6, 6.07) is 14.0. The third-order valence-electron chi connectivity index (χ3n) is 4.74. The first-order chi connectivity index (χ1) is 12.2. The molecule has 0 saturated heterocycles. The lowest BCUT2D eigenvalue weighted by Gasteiger charge is -2.20. The molecule has 0 saturated carbocycles. The zero-order chi connectivity index (χ0) is 17.4. The largest absolute Gasteiger partial charge is 0.383 e. The minimum Gasteiger partial charge on any atom is -0.383 e. The maximum Gasteiger partial charge on any atom is 0.187 e. The van der Waals surface area contributed by atoms with Crippen LogP contribution in [0.1, 0.15) is 28.5 Å². The van der Waals surface area contributed by atoms with Gasteiger partial charge < -0.3 is 9.88 Å². The molecule has 2 heterocycles. The summed E-state index contributed by atoms with van der Waals surface area (Å²) < 4.78 is 15.3. The van der Waals surface area contributed by atoms with Crippen LogP contribution in [-0.4, -0.2) is 16.9 Å². The van der Waals surface area contributed by atoms with Crippen molar-refractivity contribution in [2.24, 2.45) is 0 Å². The molecule has 126 valence electrons. The van der Waals surface area contributed by atoms with Crippen molar-refractivity contribution in [1.29, 1.82) is 0 Å². The standard InChI is InChI=1S/C21H19FN2O/c1-2-24-19-6-4-3-5-16(19)17-11-12-23-18(21(17)24)13-20(25)14-7-9-15(22)10-8-14/h3-10,13,23H,2,11-12H2,1H3/b18-13-. The fourth-order valence-electron chi connectivity index (χ4n) is 3.62. The van der Waals surface area contributed by atoms with Gasteiger partial charge in [-0.05, 0) is 49.2 Å². The number of nitrogens with one attached hydrogen (secondary N) is 1. The highest BCUT2D eigenvalue weighted by atomic mass is 19.1. The van der Waals surface area contributed by atoms with Crippen molar-refractivity contribution in [3.05, 3.63) is 77.2 Å². The zero-order valence-electron chi connectivity index (χ0n) is 14.1. The van der Waals surface area contributed by atoms with Gasteiger partial charge in [0.25, 0.3) is 0 Å². The van der Waals surface area contributed by atoms with Crippen LogP contribution in [0.5, 0.6) is 0 Å². The fourth-order valence-corrected chi connectivity index (χ4v) is 3.62. The van der Waals surface area contributed by atoms with E-state index in [9.17, 15) is 9.18 Å². The molecule has 0 fully saturated rings. The number of aromatic nitrogens is 1. The van der Waals surface area contributed by atoms with Crippen molar-refractivity contribution in [3.63, 3.8) is 0 Å². The first kappa shape index (κ1) is 15.6. The summed E-state index contributed by atoms with van der Waals surface area (Å²) in [5.41, 5.74) is 4.90. The number of carbonyl (C=O) groups excluding carboxylic acids is 1. The Hall–Kier alpha value is -2.88. The number of benzene rings is 2. The van der Waals surface area contributed by atoms with Gasteiger partial charge in [-0.1, -0.05) is 18.2 Å². The number of aryl methyl sites for hydroxylation is 1. The van der Waals surface area contributed by atoms with E-state index in [1.807, 2.05) is 6.07 Å². The molecule has 0 atom stereocenters. The molecule has 4 heteroatoms. The van der Waals surface area contributed by atoms with Crippen LogP contribution in [-0.2, 0) is 13.0 Å². The van der Waals surface area contributed by atoms with Crippen LogP contribution < -0.4 is 5.32 Å². The minimum absolute atomic E-state index is 0.122. The molecule has 0 radical (unpaired) electrons. The Labute approximate surface area is 145 Å². The summed E-state index contributed by atoms with van der Waals surface area (Å²) in [5.74, 6) is -0.461. The molecule has 3 aromatic rings. The lowest BCUT2D eigenvalue weighted by Crippen LogP contribution is -2.25. The molecule has 1 aliphatic heterocycles. The Balaban J connectivity index is 1.84. The van der Waals surface area contributed by atoms with Gasteiger partial charge in [-0.2, -0.15) is 0 Å². The van der Waals surface area contributed by atoms with E-state index in [1.165, 1.54) is 40.7 Å². The average Bonchev–Trinajstić information content (AvgIpc) is 2.97. The molecule has 4 rings (SSSR count). The lowest BCUT2D eigenvalue weighted by atomic mass is 10.0. The molecule has 0 spiro atoms. The number of ketones is 1. The molecule has 0 bridgehead atoms. The molecular formula is C21H19FN2O. The van der Waals surface area contributed by atoms with E-state index in [2.05, 4.69) is 35.0 Å². The lowest BCUT2D eigenvalue weighted by molar-refractivity contribution is 0.104. The van der Waals surface area contributed by atoms with Gasteiger partial charge >= 0.3 is 0 Å². The van der Waals surface area contributed by atoms with E-state index < -0.39 is 0 Å². The van der Waals surface area contributed by atoms with Crippen molar-refractivity contribution >= 4 is 22.4 Å². The van der Waals surface area contributed by atoms with E-state index in [0.717, 1.165) is 30.9 Å². The molecule has 0 aliphatic carbocycles. The number of nitrogens with zero attached hydrogens (tertiary/aromatic N) is 1. The fraction of sp³-hybridized carbons (Fsp3) is 0.190. The van der Waals surface area contributed by atoms with Gasteiger partial charge in [0.15, 0.2) is 5.78 Å². The summed E-state index contributed by atoms with van der Waals surface area (Å²) in [5, 5.41) is 4.62. The summed E-state index contributed by atoms with van der Waals surface area (Å²) in [7, 11) is 0. The predicted octanol–water partition coefficient (Wildman–Crippen LogP) is 4.17. The maximum atomic E-state index is 13.1. The summed E-state index contributed by atoms with van der Waals surface area (Å²) in [6.07, 6.45) is 2.57. The number of hydrogen-bond acceptors (Lipinski definition) is 2. The summed E-state index contributed by atoms with van der Waals surface area (Å²) in [4.78, 5) is 12.6. The zero-order valence-corrected chi connectivity index (χ0v) is 14.1. The van der Waals surface area contributed by atoms with Gasteiger partial charge in [0.2, 0.25) is 0 Å². The van der Waals surface area contributed by atoms with E-state index in [-0.39, 0.29) is 11.6 Å². The average molecular weight is 334 g/mol. The van der Waals surface area contributed by atoms with Crippen molar-refractivity contribution in [1.82, 2.24) is 9.88 Å². The van der Waals surface area contributed by atoms with Crippen molar-refractivity contribution in [2.45, 2.75) is 19.9 Å². The second kappa shape index (κ2) is 6.20. The van der Waals surface area contributed by atoms with Crippen LogP contribution >= 0.6 is 0 Å². The van der Waals surface area contributed by atoms with E-state index >= 15 is 0 Å². The van der Waals surface area contributed by atoms with Gasteiger partial charge in [-0.25, -0.2) is 4.39 Å². The van der Waals surface area contributed by atoms with Crippen LogP contribution in [0.3, 0.4) is 0 Å². The number of fused-ring (bicyclic) bond motifs is 3. The first-order valence-electron chi connectivity index (χ1n) is 8.55. The second-order valence-electron chi connectivity index (χ2n) is 6.19. The Morgan fingerprint density at radius 3 is 2.72 bits per heavy atom. The summed E-state index contributed by atoms with van der Waals surface area (Å²) in [6.45, 7) is 3.74. The molecule has 1 N–H and O–H groups in total. The molecule has 3 nitrogen and oxygen atoms in total. The highest BCUT2D eigenvalue weighted by molar-refractivity contribution is 6.09. The van der Waals surface area contributed by atoms with E-state index in [0.29, 0.717) is 5.56 Å². The van der Waals surface area contributed by atoms with Gasteiger partial charge in [0.05, 0.1) is 11.4 Å². The molecule has 0 amide bonds. The first-order valence-corrected chi connectivity index (χ1v) is 8.55. The number of hydrogen-bond donors (Lipinski definition) is 1. The number of halogens is 1. The van der Waals surface area contributed by atoms with Crippen molar-refractivity contribution in [3.8, 4) is 0 Å². The number of allylic oxidation sites excluding steroid dienone is 1.